The van der Waals surface area contributed by atoms with Crippen molar-refractivity contribution in [3.63, 3.8) is 0 Å². The van der Waals surface area contributed by atoms with Crippen molar-refractivity contribution in [2.75, 3.05) is 6.16 Å². The third-order valence-electron chi connectivity index (χ3n) is 4.77. The summed E-state index contributed by atoms with van der Waals surface area (Å²) in [4.78, 5) is 13.4. The van der Waals surface area contributed by atoms with Gasteiger partial charge in [0.25, 0.3) is 0 Å². The molecule has 2 rings (SSSR count). The Morgan fingerprint density at radius 3 is 2.04 bits per heavy atom. The van der Waals surface area contributed by atoms with Gasteiger partial charge in [0.15, 0.2) is 7.14 Å². The van der Waals surface area contributed by atoms with E-state index in [1.807, 2.05) is 62.4 Å². The van der Waals surface area contributed by atoms with Crippen molar-refractivity contribution >= 4 is 18.0 Å². The van der Waals surface area contributed by atoms with Gasteiger partial charge in [-0.25, -0.2) is 0 Å². The van der Waals surface area contributed by atoms with Crippen molar-refractivity contribution in [1.29, 1.82) is 0 Å². The molecule has 2 aromatic rings. The highest BCUT2D eigenvalue weighted by molar-refractivity contribution is 7.87. The normalized spacial score (nSPS) is 13.4. The number of carbonyl (C=O) groups excluding carboxylic acids is 1. The average Bonchev–Trinajstić information content (AvgIpc) is 2.62. The molecule has 0 heterocycles. The number of hydrogen-bond acceptors (Lipinski definition) is 2. The first kappa shape index (κ1) is 19.7. The molecule has 1 atom stereocenters. The van der Waals surface area contributed by atoms with Crippen molar-refractivity contribution < 1.29 is 9.36 Å². The second-order valence-corrected chi connectivity index (χ2v) is 9.63. The van der Waals surface area contributed by atoms with E-state index in [0.717, 1.165) is 30.4 Å². The van der Waals surface area contributed by atoms with Gasteiger partial charge in [-0.15, -0.1) is 0 Å². The standard InChI is InChI=1S/C22H29O2P/c1-4-5-6-7-11-17-25(24,20-15-9-8-10-16-20)22(23)21-18(2)13-12-14-19(21)3/h8-10,12-16H,4-7,11,17H2,1-3H3. The van der Waals surface area contributed by atoms with Gasteiger partial charge >= 0.3 is 0 Å². The first-order valence-electron chi connectivity index (χ1n) is 9.26. The Morgan fingerprint density at radius 2 is 1.44 bits per heavy atom. The van der Waals surface area contributed by atoms with Crippen LogP contribution in [0.1, 0.15) is 60.5 Å². The molecule has 0 bridgehead atoms. The smallest absolute Gasteiger partial charge is 0.226 e. The summed E-state index contributed by atoms with van der Waals surface area (Å²) in [6.45, 7) is 6.03. The van der Waals surface area contributed by atoms with Crippen LogP contribution in [-0.2, 0) is 4.57 Å². The Kier molecular flexibility index (Phi) is 7.20. The molecular formula is C22H29O2P. The third kappa shape index (κ3) is 4.70. The van der Waals surface area contributed by atoms with E-state index in [1.165, 1.54) is 12.8 Å². The summed E-state index contributed by atoms with van der Waals surface area (Å²) in [5.41, 5.74) is 2.28. The van der Waals surface area contributed by atoms with E-state index in [2.05, 4.69) is 6.92 Å². The molecule has 1 unspecified atom stereocenters. The fourth-order valence-corrected chi connectivity index (χ4v) is 6.02. The van der Waals surface area contributed by atoms with Gasteiger partial charge in [-0.05, 0) is 31.4 Å². The van der Waals surface area contributed by atoms with E-state index in [0.29, 0.717) is 17.0 Å². The molecule has 0 aliphatic heterocycles. The number of unbranched alkanes of at least 4 members (excludes halogenated alkanes) is 4. The number of aryl methyl sites for hydroxylation is 2. The van der Waals surface area contributed by atoms with Crippen LogP contribution in [0.15, 0.2) is 48.5 Å². The van der Waals surface area contributed by atoms with Crippen LogP contribution < -0.4 is 5.30 Å². The highest BCUT2D eigenvalue weighted by Crippen LogP contribution is 2.49. The third-order valence-corrected chi connectivity index (χ3v) is 7.73. The monoisotopic (exact) mass is 356 g/mol. The van der Waals surface area contributed by atoms with Crippen LogP contribution in [0.4, 0.5) is 0 Å². The minimum atomic E-state index is -3.13. The van der Waals surface area contributed by atoms with Crippen molar-refractivity contribution in [2.24, 2.45) is 0 Å². The van der Waals surface area contributed by atoms with Gasteiger partial charge in [0.2, 0.25) is 5.52 Å². The topological polar surface area (TPSA) is 34.1 Å². The Morgan fingerprint density at radius 1 is 0.840 bits per heavy atom. The molecule has 25 heavy (non-hydrogen) atoms. The van der Waals surface area contributed by atoms with Crippen LogP contribution in [0.5, 0.6) is 0 Å². The minimum absolute atomic E-state index is 0.176. The average molecular weight is 356 g/mol. The van der Waals surface area contributed by atoms with Gasteiger partial charge in [0.05, 0.1) is 0 Å². The van der Waals surface area contributed by atoms with Crippen LogP contribution in [0.25, 0.3) is 0 Å². The summed E-state index contributed by atoms with van der Waals surface area (Å²) in [6, 6.07) is 15.1. The molecule has 0 aliphatic rings. The highest BCUT2D eigenvalue weighted by atomic mass is 31.2. The molecule has 134 valence electrons. The molecule has 0 radical (unpaired) electrons. The predicted octanol–water partition coefficient (Wildman–Crippen LogP) is 6.10. The van der Waals surface area contributed by atoms with Gasteiger partial charge in [0, 0.05) is 17.0 Å². The molecule has 0 spiro atoms. The number of rotatable bonds is 9. The van der Waals surface area contributed by atoms with E-state index in [1.54, 1.807) is 0 Å². The lowest BCUT2D eigenvalue weighted by Crippen LogP contribution is -2.17. The summed E-state index contributed by atoms with van der Waals surface area (Å²) in [5.74, 6) is 0. The van der Waals surface area contributed by atoms with Crippen LogP contribution >= 0.6 is 7.14 Å². The van der Waals surface area contributed by atoms with Crippen LogP contribution in [0, 0.1) is 13.8 Å². The van der Waals surface area contributed by atoms with Gasteiger partial charge in [-0.1, -0.05) is 81.1 Å². The largest absolute Gasteiger partial charge is 0.310 e. The number of hydrogen-bond donors (Lipinski definition) is 0. The Balaban J connectivity index is 2.35. The van der Waals surface area contributed by atoms with E-state index in [4.69, 9.17) is 0 Å². The fourth-order valence-electron chi connectivity index (χ4n) is 3.29. The maximum absolute atomic E-state index is 13.9. The molecule has 3 heteroatoms. The van der Waals surface area contributed by atoms with Crippen molar-refractivity contribution in [3.05, 3.63) is 65.2 Å². The summed E-state index contributed by atoms with van der Waals surface area (Å²) >= 11 is 0. The quantitative estimate of drug-likeness (QED) is 0.402. The van der Waals surface area contributed by atoms with Crippen molar-refractivity contribution in [1.82, 2.24) is 0 Å². The van der Waals surface area contributed by atoms with E-state index in [9.17, 15) is 9.36 Å². The first-order valence-corrected chi connectivity index (χ1v) is 11.2. The fraction of sp³-hybridized carbons (Fsp3) is 0.409. The summed E-state index contributed by atoms with van der Waals surface area (Å²) in [6.07, 6.45) is 5.85. The second kappa shape index (κ2) is 9.15. The number of carbonyl (C=O) groups is 1. The zero-order valence-electron chi connectivity index (χ0n) is 15.6. The van der Waals surface area contributed by atoms with Gasteiger partial charge in [-0.2, -0.15) is 0 Å². The minimum Gasteiger partial charge on any atom is -0.310 e. The lowest BCUT2D eigenvalue weighted by atomic mass is 10.0. The summed E-state index contributed by atoms with van der Waals surface area (Å²) in [7, 11) is -3.13. The summed E-state index contributed by atoms with van der Waals surface area (Å²) in [5, 5.41) is 0.693. The van der Waals surface area contributed by atoms with E-state index < -0.39 is 7.14 Å². The maximum Gasteiger partial charge on any atom is 0.226 e. The SMILES string of the molecule is CCCCCCCP(=O)(C(=O)c1c(C)cccc1C)c1ccccc1. The molecule has 0 saturated carbocycles. The lowest BCUT2D eigenvalue weighted by Gasteiger charge is -2.20. The van der Waals surface area contributed by atoms with Gasteiger partial charge < -0.3 is 4.57 Å². The van der Waals surface area contributed by atoms with Crippen LogP contribution in [0.3, 0.4) is 0 Å². The molecular weight excluding hydrogens is 327 g/mol. The van der Waals surface area contributed by atoms with Crippen molar-refractivity contribution in [3.8, 4) is 0 Å². The molecule has 0 aromatic heterocycles. The molecule has 2 nitrogen and oxygen atoms in total. The van der Waals surface area contributed by atoms with E-state index in [-0.39, 0.29) is 5.52 Å². The number of benzene rings is 2. The zero-order chi connectivity index (χ0) is 18.3. The Hall–Kier alpha value is -1.66. The highest BCUT2D eigenvalue weighted by Gasteiger charge is 2.35. The first-order chi connectivity index (χ1) is 12.0. The summed E-state index contributed by atoms with van der Waals surface area (Å²) < 4.78 is 13.9. The van der Waals surface area contributed by atoms with Crippen molar-refractivity contribution in [2.45, 2.75) is 52.9 Å². The zero-order valence-corrected chi connectivity index (χ0v) is 16.5. The molecule has 0 aliphatic carbocycles. The van der Waals surface area contributed by atoms with Gasteiger partial charge in [-0.3, -0.25) is 4.79 Å². The predicted molar refractivity (Wildman–Crippen MR) is 108 cm³/mol. The van der Waals surface area contributed by atoms with Crippen LogP contribution in [0.2, 0.25) is 0 Å². The molecule has 2 aromatic carbocycles. The van der Waals surface area contributed by atoms with Gasteiger partial charge in [0.1, 0.15) is 0 Å². The van der Waals surface area contributed by atoms with Crippen LogP contribution in [-0.4, -0.2) is 11.7 Å². The maximum atomic E-state index is 13.9. The molecule has 0 fully saturated rings. The molecule has 0 saturated heterocycles. The van der Waals surface area contributed by atoms with E-state index >= 15 is 0 Å². The molecule has 0 N–H and O–H groups in total. The lowest BCUT2D eigenvalue weighted by molar-refractivity contribution is 0.107. The second-order valence-electron chi connectivity index (χ2n) is 6.79. The Bertz CT molecular complexity index is 730. The molecule has 0 amide bonds. The Labute approximate surface area is 152 Å².